The Kier molecular flexibility index (Phi) is 4.33. The smallest absolute Gasteiger partial charge is 0.231 e. The maximum atomic E-state index is 12.3. The van der Waals surface area contributed by atoms with Crippen LogP contribution in [0.5, 0.6) is 11.5 Å². The number of carbonyl (C=O) groups excluding carboxylic acids is 1. The number of rotatable bonds is 5. The summed E-state index contributed by atoms with van der Waals surface area (Å²) in [5.74, 6) is 1.94. The summed E-state index contributed by atoms with van der Waals surface area (Å²) in [5.41, 5.74) is 1.24. The van der Waals surface area contributed by atoms with Crippen LogP contribution in [0, 0.1) is 0 Å². The van der Waals surface area contributed by atoms with Gasteiger partial charge < -0.3 is 19.1 Å². The normalized spacial score (nSPS) is 26.0. The molecule has 4 rings (SSSR count). The van der Waals surface area contributed by atoms with Crippen LogP contribution in [0.25, 0.3) is 0 Å². The molecule has 24 heavy (non-hydrogen) atoms. The Labute approximate surface area is 142 Å². The van der Waals surface area contributed by atoms with E-state index < -0.39 is 0 Å². The molecule has 2 saturated heterocycles. The number of amides is 1. The molecule has 130 valence electrons. The highest BCUT2D eigenvalue weighted by molar-refractivity contribution is 5.77. The predicted octanol–water partition coefficient (Wildman–Crippen LogP) is 1.63. The fraction of sp³-hybridized carbons (Fsp3) is 0.611. The molecular formula is C18H24N2O4. The number of likely N-dealkylation sites (tertiary alicyclic amines) is 2. The summed E-state index contributed by atoms with van der Waals surface area (Å²) in [6.07, 6.45) is 2.64. The monoisotopic (exact) mass is 332 g/mol. The van der Waals surface area contributed by atoms with E-state index >= 15 is 0 Å². The number of benzene rings is 1. The van der Waals surface area contributed by atoms with E-state index in [2.05, 4.69) is 17.0 Å². The van der Waals surface area contributed by atoms with Crippen LogP contribution in [0.1, 0.15) is 24.8 Å². The first-order valence-electron chi connectivity index (χ1n) is 8.67. The number of methoxy groups -OCH3 is 1. The fourth-order valence-electron chi connectivity index (χ4n) is 4.19. The van der Waals surface area contributed by atoms with Gasteiger partial charge in [0, 0.05) is 45.2 Å². The van der Waals surface area contributed by atoms with Crippen molar-refractivity contribution in [2.75, 3.05) is 33.6 Å². The fourth-order valence-corrected chi connectivity index (χ4v) is 4.19. The number of hydrogen-bond donors (Lipinski definition) is 0. The largest absolute Gasteiger partial charge is 0.454 e. The third-order valence-corrected chi connectivity index (χ3v) is 5.36. The summed E-state index contributed by atoms with van der Waals surface area (Å²) >= 11 is 0. The zero-order valence-corrected chi connectivity index (χ0v) is 14.1. The van der Waals surface area contributed by atoms with E-state index in [-0.39, 0.29) is 5.91 Å². The molecule has 0 bridgehead atoms. The zero-order valence-electron chi connectivity index (χ0n) is 14.1. The van der Waals surface area contributed by atoms with Crippen molar-refractivity contribution in [2.24, 2.45) is 0 Å². The maximum Gasteiger partial charge on any atom is 0.231 e. The van der Waals surface area contributed by atoms with Gasteiger partial charge in [-0.15, -0.1) is 0 Å². The van der Waals surface area contributed by atoms with Crippen LogP contribution < -0.4 is 9.47 Å². The lowest BCUT2D eigenvalue weighted by Gasteiger charge is -2.39. The number of carbonyl (C=O) groups is 1. The summed E-state index contributed by atoms with van der Waals surface area (Å²) < 4.78 is 16.0. The van der Waals surface area contributed by atoms with Crippen molar-refractivity contribution < 1.29 is 19.0 Å². The number of piperidine rings is 1. The lowest BCUT2D eigenvalue weighted by molar-refractivity contribution is -0.138. The van der Waals surface area contributed by atoms with Gasteiger partial charge >= 0.3 is 0 Å². The average molecular weight is 332 g/mol. The molecule has 3 aliphatic rings. The highest BCUT2D eigenvalue weighted by Gasteiger charge is 2.42. The molecule has 0 unspecified atom stereocenters. The molecule has 0 saturated carbocycles. The van der Waals surface area contributed by atoms with Gasteiger partial charge in [0.15, 0.2) is 11.5 Å². The molecule has 2 fully saturated rings. The van der Waals surface area contributed by atoms with Crippen molar-refractivity contribution in [3.63, 3.8) is 0 Å². The molecule has 0 aliphatic carbocycles. The summed E-state index contributed by atoms with van der Waals surface area (Å²) in [6.45, 7) is 3.54. The summed E-state index contributed by atoms with van der Waals surface area (Å²) in [7, 11) is 1.69. The molecule has 1 aromatic carbocycles. The van der Waals surface area contributed by atoms with Crippen LogP contribution in [-0.4, -0.2) is 61.4 Å². The van der Waals surface area contributed by atoms with Gasteiger partial charge in [-0.05, 0) is 30.5 Å². The van der Waals surface area contributed by atoms with E-state index in [4.69, 9.17) is 14.2 Å². The van der Waals surface area contributed by atoms with E-state index in [0.29, 0.717) is 38.4 Å². The molecule has 0 radical (unpaired) electrons. The van der Waals surface area contributed by atoms with Crippen LogP contribution in [-0.2, 0) is 16.1 Å². The Hall–Kier alpha value is -1.79. The predicted molar refractivity (Wildman–Crippen MR) is 88.0 cm³/mol. The molecule has 0 spiro atoms. The lowest BCUT2D eigenvalue weighted by Crippen LogP contribution is -2.52. The molecule has 2 atom stereocenters. The van der Waals surface area contributed by atoms with Crippen molar-refractivity contribution in [1.82, 2.24) is 9.80 Å². The average Bonchev–Trinajstić information content (AvgIpc) is 3.21. The number of nitrogens with zero attached hydrogens (tertiary/aromatic N) is 2. The highest BCUT2D eigenvalue weighted by Crippen LogP contribution is 2.35. The Morgan fingerprint density at radius 1 is 1.21 bits per heavy atom. The van der Waals surface area contributed by atoms with Gasteiger partial charge in [-0.25, -0.2) is 0 Å². The molecule has 6 heteroatoms. The first kappa shape index (κ1) is 15.7. The minimum Gasteiger partial charge on any atom is -0.454 e. The Morgan fingerprint density at radius 2 is 2.08 bits per heavy atom. The Balaban J connectivity index is 1.45. The van der Waals surface area contributed by atoms with Gasteiger partial charge in [0.1, 0.15) is 0 Å². The Morgan fingerprint density at radius 3 is 2.96 bits per heavy atom. The van der Waals surface area contributed by atoms with Crippen LogP contribution in [0.3, 0.4) is 0 Å². The van der Waals surface area contributed by atoms with Gasteiger partial charge in [0.05, 0.1) is 6.61 Å². The molecule has 0 aromatic heterocycles. The minimum absolute atomic E-state index is 0.276. The second-order valence-electron chi connectivity index (χ2n) is 6.70. The van der Waals surface area contributed by atoms with Gasteiger partial charge in [0.25, 0.3) is 0 Å². The highest BCUT2D eigenvalue weighted by atomic mass is 16.7. The van der Waals surface area contributed by atoms with Gasteiger partial charge in [-0.3, -0.25) is 9.69 Å². The van der Waals surface area contributed by atoms with Crippen LogP contribution in [0.2, 0.25) is 0 Å². The SMILES string of the molecule is COCCN1C(=O)CC[C@@H]2[C@H]1CCN2Cc1ccc2c(c1)OCO2. The lowest BCUT2D eigenvalue weighted by atomic mass is 9.96. The second kappa shape index (κ2) is 6.61. The molecule has 1 amide bonds. The molecule has 6 nitrogen and oxygen atoms in total. The topological polar surface area (TPSA) is 51.2 Å². The molecule has 0 N–H and O–H groups in total. The van der Waals surface area contributed by atoms with E-state index in [1.807, 2.05) is 11.0 Å². The first-order chi connectivity index (χ1) is 11.8. The van der Waals surface area contributed by atoms with Crippen molar-refractivity contribution in [2.45, 2.75) is 37.9 Å². The summed E-state index contributed by atoms with van der Waals surface area (Å²) in [5, 5.41) is 0. The van der Waals surface area contributed by atoms with Crippen molar-refractivity contribution in [3.05, 3.63) is 23.8 Å². The van der Waals surface area contributed by atoms with Crippen molar-refractivity contribution in [1.29, 1.82) is 0 Å². The Bertz CT molecular complexity index is 621. The van der Waals surface area contributed by atoms with Gasteiger partial charge in [-0.2, -0.15) is 0 Å². The number of fused-ring (bicyclic) bond motifs is 2. The molecule has 3 heterocycles. The van der Waals surface area contributed by atoms with E-state index in [0.717, 1.165) is 37.4 Å². The van der Waals surface area contributed by atoms with E-state index in [9.17, 15) is 4.79 Å². The zero-order chi connectivity index (χ0) is 16.5. The number of ether oxygens (including phenoxy) is 3. The summed E-state index contributed by atoms with van der Waals surface area (Å²) in [4.78, 5) is 16.8. The van der Waals surface area contributed by atoms with Crippen LogP contribution in [0.4, 0.5) is 0 Å². The standard InChI is InChI=1S/C18H24N2O4/c1-22-9-8-20-15-6-7-19(14(15)3-5-18(20)21)11-13-2-4-16-17(10-13)24-12-23-16/h2,4,10,14-15H,3,5-9,11-12H2,1H3/t14-,15-/m1/s1. The van der Waals surface area contributed by atoms with E-state index in [1.165, 1.54) is 5.56 Å². The van der Waals surface area contributed by atoms with E-state index in [1.54, 1.807) is 7.11 Å². The minimum atomic E-state index is 0.276. The van der Waals surface area contributed by atoms with Crippen molar-refractivity contribution in [3.8, 4) is 11.5 Å². The summed E-state index contributed by atoms with van der Waals surface area (Å²) in [6, 6.07) is 6.95. The van der Waals surface area contributed by atoms with Crippen LogP contribution >= 0.6 is 0 Å². The molecule has 3 aliphatic heterocycles. The quantitative estimate of drug-likeness (QED) is 0.820. The first-order valence-corrected chi connectivity index (χ1v) is 8.67. The van der Waals surface area contributed by atoms with Gasteiger partial charge in [0.2, 0.25) is 12.7 Å². The third kappa shape index (κ3) is 2.84. The third-order valence-electron chi connectivity index (χ3n) is 5.36. The van der Waals surface area contributed by atoms with Crippen LogP contribution in [0.15, 0.2) is 18.2 Å². The maximum absolute atomic E-state index is 12.3. The van der Waals surface area contributed by atoms with Crippen molar-refractivity contribution >= 4 is 5.91 Å². The van der Waals surface area contributed by atoms with Gasteiger partial charge in [-0.1, -0.05) is 6.07 Å². The molecule has 1 aromatic rings. The number of hydrogen-bond acceptors (Lipinski definition) is 5. The second-order valence-corrected chi connectivity index (χ2v) is 6.70. The molecular weight excluding hydrogens is 308 g/mol.